The predicted octanol–water partition coefficient (Wildman–Crippen LogP) is 5.25. The first-order valence-corrected chi connectivity index (χ1v) is 13.9. The lowest BCUT2D eigenvalue weighted by atomic mass is 9.94. The molecule has 0 bridgehead atoms. The largest absolute Gasteiger partial charge is 0.508 e. The fourth-order valence-electron chi connectivity index (χ4n) is 5.01. The Balaban J connectivity index is 1.67. The van der Waals surface area contributed by atoms with E-state index in [4.69, 9.17) is 23.4 Å². The topological polar surface area (TPSA) is 137 Å². The molecule has 42 heavy (non-hydrogen) atoms. The highest BCUT2D eigenvalue weighted by molar-refractivity contribution is 6.06. The first-order valence-electron chi connectivity index (χ1n) is 13.9. The average Bonchev–Trinajstić information content (AvgIpc) is 2.93. The van der Waals surface area contributed by atoms with Gasteiger partial charge in [0.25, 0.3) is 5.91 Å². The summed E-state index contributed by atoms with van der Waals surface area (Å²) in [6, 6.07) is 7.87. The first-order chi connectivity index (χ1) is 19.9. The number of ether oxygens (including phenoxy) is 4. The number of hydrogen-bond donors (Lipinski definition) is 3. The molecule has 2 atom stereocenters. The van der Waals surface area contributed by atoms with Gasteiger partial charge in [-0.15, -0.1) is 0 Å². The zero-order valence-electron chi connectivity index (χ0n) is 24.9. The highest BCUT2D eigenvalue weighted by atomic mass is 16.7. The van der Waals surface area contributed by atoms with Crippen molar-refractivity contribution in [2.45, 2.75) is 71.9 Å². The van der Waals surface area contributed by atoms with Crippen LogP contribution < -0.4 is 20.4 Å². The van der Waals surface area contributed by atoms with Crippen LogP contribution in [0.3, 0.4) is 0 Å². The Morgan fingerprint density at radius 2 is 1.95 bits per heavy atom. The maximum Gasteiger partial charge on any atom is 0.364 e. The molecule has 3 aromatic rings. The molecule has 0 unspecified atom stereocenters. The van der Waals surface area contributed by atoms with Crippen molar-refractivity contribution in [3.05, 3.63) is 69.1 Å². The molecule has 4 rings (SSSR count). The van der Waals surface area contributed by atoms with Gasteiger partial charge in [0.05, 0.1) is 23.7 Å². The van der Waals surface area contributed by atoms with Crippen LogP contribution in [0.5, 0.6) is 17.2 Å². The lowest BCUT2D eigenvalue weighted by molar-refractivity contribution is -0.233. The molecule has 0 spiro atoms. The van der Waals surface area contributed by atoms with E-state index in [1.165, 1.54) is 12.1 Å². The maximum absolute atomic E-state index is 13.2. The van der Waals surface area contributed by atoms with Crippen LogP contribution >= 0.6 is 0 Å². The highest BCUT2D eigenvalue weighted by Crippen LogP contribution is 2.38. The third-order valence-electron chi connectivity index (χ3n) is 7.29. The van der Waals surface area contributed by atoms with Gasteiger partial charge in [-0.3, -0.25) is 4.79 Å². The number of aromatic hydroxyl groups is 1. The van der Waals surface area contributed by atoms with Gasteiger partial charge in [0.2, 0.25) is 6.29 Å². The van der Waals surface area contributed by atoms with Crippen LogP contribution in [0.1, 0.15) is 62.0 Å². The molecule has 1 amide bonds. The third kappa shape index (κ3) is 6.78. The molecule has 10 heteroatoms. The number of aryl methyl sites for hydroxylation is 1. The molecule has 1 saturated heterocycles. The van der Waals surface area contributed by atoms with Crippen LogP contribution in [0.4, 0.5) is 5.69 Å². The van der Waals surface area contributed by atoms with Crippen molar-refractivity contribution in [1.82, 2.24) is 0 Å². The molecule has 1 aliphatic heterocycles. The average molecular weight is 582 g/mol. The van der Waals surface area contributed by atoms with Crippen molar-refractivity contribution in [1.29, 1.82) is 0 Å². The maximum atomic E-state index is 13.2. The van der Waals surface area contributed by atoms with E-state index in [0.29, 0.717) is 35.1 Å². The van der Waals surface area contributed by atoms with Crippen LogP contribution in [-0.4, -0.2) is 54.4 Å². The van der Waals surface area contributed by atoms with Crippen molar-refractivity contribution < 1.29 is 38.4 Å². The molecule has 1 aromatic heterocycles. The van der Waals surface area contributed by atoms with E-state index in [9.17, 15) is 19.8 Å². The van der Waals surface area contributed by atoms with E-state index < -0.39 is 23.4 Å². The number of rotatable bonds is 10. The molecule has 0 aliphatic carbocycles. The van der Waals surface area contributed by atoms with Gasteiger partial charge in [0, 0.05) is 24.7 Å². The summed E-state index contributed by atoms with van der Waals surface area (Å²) in [5.74, 6) is 0.0208. The van der Waals surface area contributed by atoms with Gasteiger partial charge < -0.3 is 38.9 Å². The van der Waals surface area contributed by atoms with Gasteiger partial charge in [0.15, 0.2) is 11.4 Å². The number of nitrogens with one attached hydrogen (secondary N) is 1. The summed E-state index contributed by atoms with van der Waals surface area (Å²) >= 11 is 0. The number of phenolic OH excluding ortho intramolecular Hbond substituents is 1. The number of fused-ring (bicyclic) bond motifs is 1. The van der Waals surface area contributed by atoms with Crippen molar-refractivity contribution >= 4 is 22.6 Å². The number of allylic oxidation sites excluding steroid dienone is 2. The number of carbonyl (C=O) groups excluding carboxylic acids is 1. The molecule has 0 radical (unpaired) electrons. The van der Waals surface area contributed by atoms with Crippen LogP contribution in [0.15, 0.2) is 51.2 Å². The Bertz CT molecular complexity index is 1540. The van der Waals surface area contributed by atoms with Gasteiger partial charge in [-0.05, 0) is 83.4 Å². The number of aliphatic hydroxyl groups excluding tert-OH is 1. The minimum absolute atomic E-state index is 0.0570. The summed E-state index contributed by atoms with van der Waals surface area (Å²) in [7, 11) is 1.66. The Labute approximate surface area is 244 Å². The van der Waals surface area contributed by atoms with E-state index in [1.54, 1.807) is 32.2 Å². The molecular formula is C32H39NO9. The number of aliphatic hydroxyl groups is 1. The summed E-state index contributed by atoms with van der Waals surface area (Å²) in [4.78, 5) is 26.5. The summed E-state index contributed by atoms with van der Waals surface area (Å²) in [5, 5.41) is 22.7. The molecule has 2 heterocycles. The molecule has 1 fully saturated rings. The summed E-state index contributed by atoms with van der Waals surface area (Å²) in [5.41, 5.74) is 1.08. The Kier molecular flexibility index (Phi) is 9.60. The second-order valence-electron chi connectivity index (χ2n) is 11.1. The number of methoxy groups -OCH3 is 1. The number of carbonyl (C=O) groups is 1. The van der Waals surface area contributed by atoms with Gasteiger partial charge >= 0.3 is 5.63 Å². The van der Waals surface area contributed by atoms with Crippen LogP contribution in [0, 0.1) is 6.92 Å². The molecule has 3 N–H and O–H groups in total. The summed E-state index contributed by atoms with van der Waals surface area (Å²) < 4.78 is 29.3. The SMILES string of the molecule is CO[C@@H]1CC[C@H](Oc2ccc3c(OCCO)c(NC(=O)c4ccc(O)c(CC=C(C)C)c4)c(=O)oc3c2C)OC1(C)C. The normalized spacial score (nSPS) is 18.0. The molecule has 1 aliphatic rings. The monoisotopic (exact) mass is 581 g/mol. The van der Waals surface area contributed by atoms with Gasteiger partial charge in [-0.1, -0.05) is 11.6 Å². The van der Waals surface area contributed by atoms with Gasteiger partial charge in [0.1, 0.15) is 23.7 Å². The second kappa shape index (κ2) is 13.0. The van der Waals surface area contributed by atoms with E-state index >= 15 is 0 Å². The zero-order chi connectivity index (χ0) is 30.6. The Morgan fingerprint density at radius 3 is 2.62 bits per heavy atom. The quantitative estimate of drug-likeness (QED) is 0.217. The molecule has 10 nitrogen and oxygen atoms in total. The van der Waals surface area contributed by atoms with Crippen LogP contribution in [-0.2, 0) is 15.9 Å². The Morgan fingerprint density at radius 1 is 1.19 bits per heavy atom. The molecule has 226 valence electrons. The number of amides is 1. The van der Waals surface area contributed by atoms with Crippen LogP contribution in [0.2, 0.25) is 0 Å². The number of hydrogen-bond acceptors (Lipinski definition) is 9. The first kappa shape index (κ1) is 31.1. The molecular weight excluding hydrogens is 542 g/mol. The minimum Gasteiger partial charge on any atom is -0.508 e. The Hall–Kier alpha value is -3.86. The fourth-order valence-corrected chi connectivity index (χ4v) is 5.01. The van der Waals surface area contributed by atoms with Crippen molar-refractivity contribution in [2.75, 3.05) is 25.6 Å². The lowest BCUT2D eigenvalue weighted by Gasteiger charge is -2.41. The summed E-state index contributed by atoms with van der Waals surface area (Å²) in [6.07, 6.45) is 3.18. The smallest absolute Gasteiger partial charge is 0.364 e. The number of benzene rings is 2. The van der Waals surface area contributed by atoms with Crippen molar-refractivity contribution in [3.63, 3.8) is 0 Å². The van der Waals surface area contributed by atoms with Crippen LogP contribution in [0.25, 0.3) is 11.0 Å². The lowest BCUT2D eigenvalue weighted by Crippen LogP contribution is -2.49. The number of anilines is 1. The van der Waals surface area contributed by atoms with E-state index in [-0.39, 0.29) is 47.7 Å². The minimum atomic E-state index is -0.828. The van der Waals surface area contributed by atoms with Crippen molar-refractivity contribution in [2.24, 2.45) is 0 Å². The standard InChI is InChI=1S/C32H39NO9/c1-18(2)7-8-20-17-21(9-11-23(20)35)30(36)33-27-29(39-16-15-34)22-10-12-24(19(3)28(22)41-31(27)37)40-26-14-13-25(38-6)32(4,5)42-26/h7,9-12,17,25-26,34-35H,8,13-16H2,1-6H3,(H,33,36)/t25-,26-/m1/s1. The number of phenols is 1. The van der Waals surface area contributed by atoms with Gasteiger partial charge in [-0.25, -0.2) is 4.79 Å². The highest BCUT2D eigenvalue weighted by Gasteiger charge is 2.39. The van der Waals surface area contributed by atoms with Gasteiger partial charge in [-0.2, -0.15) is 0 Å². The third-order valence-corrected chi connectivity index (χ3v) is 7.29. The fraction of sp³-hybridized carbons (Fsp3) is 0.438. The summed E-state index contributed by atoms with van der Waals surface area (Å²) in [6.45, 7) is 9.12. The van der Waals surface area contributed by atoms with Crippen molar-refractivity contribution in [3.8, 4) is 17.2 Å². The zero-order valence-corrected chi connectivity index (χ0v) is 24.9. The van der Waals surface area contributed by atoms with E-state index in [2.05, 4.69) is 5.32 Å². The van der Waals surface area contributed by atoms with E-state index in [0.717, 1.165) is 12.0 Å². The molecule has 2 aromatic carbocycles. The predicted molar refractivity (Wildman–Crippen MR) is 159 cm³/mol. The second-order valence-corrected chi connectivity index (χ2v) is 11.1. The van der Waals surface area contributed by atoms with E-state index in [1.807, 2.05) is 33.8 Å². The molecule has 0 saturated carbocycles.